The molecule has 1 N–H and O–H groups in total. The molecule has 0 spiro atoms. The van der Waals surface area contributed by atoms with E-state index in [4.69, 9.17) is 4.74 Å². The topological polar surface area (TPSA) is 21.3 Å². The molecule has 0 aliphatic heterocycles. The van der Waals surface area contributed by atoms with Gasteiger partial charge >= 0.3 is 0 Å². The minimum atomic E-state index is -0.576. The highest BCUT2D eigenvalue weighted by atomic mass is 19.1. The van der Waals surface area contributed by atoms with Crippen molar-refractivity contribution < 1.29 is 13.5 Å². The Kier molecular flexibility index (Phi) is 5.91. The van der Waals surface area contributed by atoms with E-state index in [1.165, 1.54) is 12.1 Å². The number of hydrogen-bond donors (Lipinski definition) is 1. The van der Waals surface area contributed by atoms with Crippen molar-refractivity contribution in [2.24, 2.45) is 5.92 Å². The molecule has 0 heterocycles. The van der Waals surface area contributed by atoms with Gasteiger partial charge < -0.3 is 10.1 Å². The average molecular weight is 243 g/mol. The van der Waals surface area contributed by atoms with E-state index >= 15 is 0 Å². The Morgan fingerprint density at radius 3 is 2.35 bits per heavy atom. The number of halogens is 2. The predicted molar refractivity (Wildman–Crippen MR) is 65.1 cm³/mol. The molecule has 1 aromatic carbocycles. The molecule has 0 saturated heterocycles. The molecule has 0 aliphatic carbocycles. The summed E-state index contributed by atoms with van der Waals surface area (Å²) in [6, 6.07) is 3.37. The second-order valence-corrected chi connectivity index (χ2v) is 4.38. The van der Waals surface area contributed by atoms with Crippen LogP contribution in [0.25, 0.3) is 0 Å². The van der Waals surface area contributed by atoms with E-state index in [0.717, 1.165) is 19.1 Å². The summed E-state index contributed by atoms with van der Waals surface area (Å²) in [5.41, 5.74) is 0.440. The highest BCUT2D eigenvalue weighted by molar-refractivity contribution is 5.43. The van der Waals surface area contributed by atoms with Gasteiger partial charge in [0.05, 0.1) is 6.61 Å². The molecule has 17 heavy (non-hydrogen) atoms. The Morgan fingerprint density at radius 1 is 1.12 bits per heavy atom. The zero-order valence-corrected chi connectivity index (χ0v) is 10.3. The van der Waals surface area contributed by atoms with Crippen molar-refractivity contribution in [1.82, 2.24) is 0 Å². The maximum Gasteiger partial charge on any atom is 0.128 e. The fraction of sp³-hybridized carbons (Fsp3) is 0.538. The molecule has 96 valence electrons. The largest absolute Gasteiger partial charge is 0.383 e. The minimum absolute atomic E-state index is 0.440. The number of nitrogens with one attached hydrogen (secondary N) is 1. The third-order valence-corrected chi connectivity index (χ3v) is 2.28. The van der Waals surface area contributed by atoms with E-state index in [-0.39, 0.29) is 0 Å². The van der Waals surface area contributed by atoms with Crippen LogP contribution >= 0.6 is 0 Å². The Hall–Kier alpha value is -1.16. The molecule has 2 nitrogen and oxygen atoms in total. The maximum absolute atomic E-state index is 12.8. The van der Waals surface area contributed by atoms with Crippen LogP contribution in [-0.2, 0) is 4.74 Å². The van der Waals surface area contributed by atoms with Gasteiger partial charge in [0, 0.05) is 24.9 Å². The van der Waals surface area contributed by atoms with E-state index in [1.54, 1.807) is 0 Å². The summed E-state index contributed by atoms with van der Waals surface area (Å²) in [5.74, 6) is -0.526. The van der Waals surface area contributed by atoms with Gasteiger partial charge in [-0.25, -0.2) is 8.78 Å². The Bertz CT molecular complexity index is 322. The summed E-state index contributed by atoms with van der Waals surface area (Å²) in [6.07, 6.45) is 1.02. The number of ether oxygens (including phenoxy) is 1. The van der Waals surface area contributed by atoms with Crippen molar-refractivity contribution in [3.63, 3.8) is 0 Å². The molecule has 0 radical (unpaired) electrons. The summed E-state index contributed by atoms with van der Waals surface area (Å²) in [6.45, 7) is 6.07. The molecular weight excluding hydrogens is 224 g/mol. The van der Waals surface area contributed by atoms with E-state index in [1.807, 2.05) is 0 Å². The standard InChI is InChI=1S/C13H19F2NO/c1-10(2)3-5-17-6-4-16-13-8-11(14)7-12(15)9-13/h7-10,16H,3-6H2,1-2H3. The van der Waals surface area contributed by atoms with Crippen LogP contribution in [0.1, 0.15) is 20.3 Å². The van der Waals surface area contributed by atoms with Gasteiger partial charge in [-0.2, -0.15) is 0 Å². The van der Waals surface area contributed by atoms with Crippen molar-refractivity contribution in [3.8, 4) is 0 Å². The average Bonchev–Trinajstić information content (AvgIpc) is 2.21. The third kappa shape index (κ3) is 6.22. The molecule has 1 aromatic rings. The SMILES string of the molecule is CC(C)CCOCCNc1cc(F)cc(F)c1. The van der Waals surface area contributed by atoms with Crippen molar-refractivity contribution in [2.45, 2.75) is 20.3 Å². The zero-order chi connectivity index (χ0) is 12.7. The van der Waals surface area contributed by atoms with Crippen LogP contribution in [0.4, 0.5) is 14.5 Å². The first kappa shape index (κ1) is 13.9. The molecule has 0 atom stereocenters. The minimum Gasteiger partial charge on any atom is -0.383 e. The molecular formula is C13H19F2NO. The summed E-state index contributed by atoms with van der Waals surface area (Å²) >= 11 is 0. The number of rotatable bonds is 7. The first-order valence-corrected chi connectivity index (χ1v) is 5.85. The normalized spacial score (nSPS) is 10.9. The summed E-state index contributed by atoms with van der Waals surface area (Å²) in [5, 5.41) is 2.91. The number of hydrogen-bond acceptors (Lipinski definition) is 2. The van der Waals surface area contributed by atoms with Gasteiger partial charge in [-0.15, -0.1) is 0 Å². The van der Waals surface area contributed by atoms with Crippen molar-refractivity contribution in [1.29, 1.82) is 0 Å². The number of anilines is 1. The molecule has 0 unspecified atom stereocenters. The van der Waals surface area contributed by atoms with Gasteiger partial charge in [0.1, 0.15) is 11.6 Å². The molecule has 0 aromatic heterocycles. The van der Waals surface area contributed by atoms with Gasteiger partial charge in [-0.05, 0) is 24.5 Å². The smallest absolute Gasteiger partial charge is 0.128 e. The van der Waals surface area contributed by atoms with Gasteiger partial charge in [0.25, 0.3) is 0 Å². The summed E-state index contributed by atoms with van der Waals surface area (Å²) in [7, 11) is 0. The van der Waals surface area contributed by atoms with Crippen LogP contribution in [0.5, 0.6) is 0 Å². The lowest BCUT2D eigenvalue weighted by Gasteiger charge is -2.08. The van der Waals surface area contributed by atoms with Crippen molar-refractivity contribution >= 4 is 5.69 Å². The lowest BCUT2D eigenvalue weighted by Crippen LogP contribution is -2.11. The second kappa shape index (κ2) is 7.22. The molecule has 0 fully saturated rings. The maximum atomic E-state index is 12.8. The molecule has 4 heteroatoms. The van der Waals surface area contributed by atoms with Crippen LogP contribution in [0.15, 0.2) is 18.2 Å². The number of benzene rings is 1. The quantitative estimate of drug-likeness (QED) is 0.741. The predicted octanol–water partition coefficient (Wildman–Crippen LogP) is 3.44. The highest BCUT2D eigenvalue weighted by Gasteiger charge is 1.99. The highest BCUT2D eigenvalue weighted by Crippen LogP contribution is 2.12. The Balaban J connectivity index is 2.18. The molecule has 0 saturated carbocycles. The second-order valence-electron chi connectivity index (χ2n) is 4.38. The van der Waals surface area contributed by atoms with Crippen LogP contribution in [0.2, 0.25) is 0 Å². The monoisotopic (exact) mass is 243 g/mol. The molecule has 0 amide bonds. The van der Waals surface area contributed by atoms with E-state index in [0.29, 0.717) is 24.8 Å². The Morgan fingerprint density at radius 2 is 1.76 bits per heavy atom. The lowest BCUT2D eigenvalue weighted by atomic mass is 10.1. The third-order valence-electron chi connectivity index (χ3n) is 2.28. The van der Waals surface area contributed by atoms with E-state index in [9.17, 15) is 8.78 Å². The van der Waals surface area contributed by atoms with Gasteiger partial charge in [0.15, 0.2) is 0 Å². The Labute approximate surface area is 101 Å². The van der Waals surface area contributed by atoms with E-state index < -0.39 is 11.6 Å². The fourth-order valence-electron chi connectivity index (χ4n) is 1.34. The first-order chi connectivity index (χ1) is 8.08. The van der Waals surface area contributed by atoms with Crippen molar-refractivity contribution in [2.75, 3.05) is 25.1 Å². The van der Waals surface area contributed by atoms with Crippen LogP contribution in [0.3, 0.4) is 0 Å². The van der Waals surface area contributed by atoms with Crippen LogP contribution in [-0.4, -0.2) is 19.8 Å². The van der Waals surface area contributed by atoms with Gasteiger partial charge in [-0.1, -0.05) is 13.8 Å². The van der Waals surface area contributed by atoms with Crippen molar-refractivity contribution in [3.05, 3.63) is 29.8 Å². The van der Waals surface area contributed by atoms with Gasteiger partial charge in [-0.3, -0.25) is 0 Å². The fourth-order valence-corrected chi connectivity index (χ4v) is 1.34. The summed E-state index contributed by atoms with van der Waals surface area (Å²) in [4.78, 5) is 0. The molecule has 0 aliphatic rings. The lowest BCUT2D eigenvalue weighted by molar-refractivity contribution is 0.132. The molecule has 0 bridgehead atoms. The van der Waals surface area contributed by atoms with Crippen LogP contribution in [0, 0.1) is 17.6 Å². The van der Waals surface area contributed by atoms with Crippen LogP contribution < -0.4 is 5.32 Å². The molecule has 1 rings (SSSR count). The first-order valence-electron chi connectivity index (χ1n) is 5.85. The van der Waals surface area contributed by atoms with Gasteiger partial charge in [0.2, 0.25) is 0 Å². The zero-order valence-electron chi connectivity index (χ0n) is 10.3. The summed E-state index contributed by atoms with van der Waals surface area (Å²) < 4.78 is 31.0. The van der Waals surface area contributed by atoms with E-state index in [2.05, 4.69) is 19.2 Å².